The van der Waals surface area contributed by atoms with Crippen molar-refractivity contribution in [3.63, 3.8) is 0 Å². The molecule has 0 N–H and O–H groups in total. The fourth-order valence-electron chi connectivity index (χ4n) is 5.79. The van der Waals surface area contributed by atoms with Gasteiger partial charge in [-0.3, -0.25) is 19.2 Å². The highest BCUT2D eigenvalue weighted by atomic mass is 16.5. The molecule has 2 fully saturated rings. The summed E-state index contributed by atoms with van der Waals surface area (Å²) in [6.45, 7) is 3.81. The molecule has 0 aromatic heterocycles. The molecule has 0 radical (unpaired) electrons. The lowest BCUT2D eigenvalue weighted by atomic mass is 9.77. The van der Waals surface area contributed by atoms with Gasteiger partial charge in [0.2, 0.25) is 29.0 Å². The number of rotatable bonds is 4. The average Bonchev–Trinajstić information content (AvgIpc) is 3.49. The molecular formula is C30H23NO7. The Morgan fingerprint density at radius 1 is 0.868 bits per heavy atom. The number of anilines is 1. The molecule has 38 heavy (non-hydrogen) atoms. The van der Waals surface area contributed by atoms with Gasteiger partial charge in [-0.1, -0.05) is 54.1 Å². The van der Waals surface area contributed by atoms with Crippen LogP contribution in [0.15, 0.2) is 72.8 Å². The number of hydrogen-bond acceptors (Lipinski definition) is 7. The van der Waals surface area contributed by atoms with Gasteiger partial charge in [-0.2, -0.15) is 0 Å². The van der Waals surface area contributed by atoms with Crippen molar-refractivity contribution in [3.8, 4) is 0 Å². The number of benzene rings is 3. The quantitative estimate of drug-likeness (QED) is 0.299. The number of carbonyl (C=O) groups excluding carboxylic acids is 5. The molecule has 1 spiro atoms. The van der Waals surface area contributed by atoms with Crippen molar-refractivity contribution in [1.29, 1.82) is 0 Å². The first-order valence-corrected chi connectivity index (χ1v) is 12.4. The third-order valence-corrected chi connectivity index (χ3v) is 7.56. The molecule has 8 heteroatoms. The van der Waals surface area contributed by atoms with Crippen LogP contribution in [0.4, 0.5) is 5.69 Å². The number of hydrogen-bond donors (Lipinski definition) is 0. The van der Waals surface area contributed by atoms with Crippen LogP contribution in [0.2, 0.25) is 0 Å². The number of esters is 1. The number of amides is 2. The molecule has 0 saturated carbocycles. The first kappa shape index (κ1) is 23.9. The highest BCUT2D eigenvalue weighted by Gasteiger charge is 2.74. The van der Waals surface area contributed by atoms with E-state index in [9.17, 15) is 24.0 Å². The average molecular weight is 510 g/mol. The highest BCUT2D eigenvalue weighted by molar-refractivity contribution is 6.37. The van der Waals surface area contributed by atoms with E-state index in [-0.39, 0.29) is 17.7 Å². The maximum absolute atomic E-state index is 13.9. The van der Waals surface area contributed by atoms with Crippen LogP contribution in [0.3, 0.4) is 0 Å². The summed E-state index contributed by atoms with van der Waals surface area (Å²) in [4.78, 5) is 68.7. The molecule has 3 aromatic carbocycles. The van der Waals surface area contributed by atoms with Crippen LogP contribution in [-0.2, 0) is 19.1 Å². The van der Waals surface area contributed by atoms with E-state index in [0.29, 0.717) is 16.8 Å². The molecule has 2 amide bonds. The van der Waals surface area contributed by atoms with Crippen LogP contribution in [0.1, 0.15) is 55.2 Å². The number of Topliss-reactive ketones (excluding diaryl/α,β-unsaturated/α-hetero) is 2. The van der Waals surface area contributed by atoms with Crippen LogP contribution in [0, 0.1) is 18.8 Å². The first-order valence-electron chi connectivity index (χ1n) is 12.4. The fraction of sp³-hybridized carbons (Fsp3) is 0.233. The van der Waals surface area contributed by atoms with E-state index < -0.39 is 52.9 Å². The number of fused-ring (bicyclic) bond motifs is 3. The monoisotopic (exact) mass is 509 g/mol. The van der Waals surface area contributed by atoms with E-state index in [2.05, 4.69) is 0 Å². The Kier molecular flexibility index (Phi) is 5.39. The molecule has 0 bridgehead atoms. The lowest BCUT2D eigenvalue weighted by Crippen LogP contribution is -2.51. The van der Waals surface area contributed by atoms with Crippen molar-refractivity contribution in [1.82, 2.24) is 0 Å². The molecule has 190 valence electrons. The van der Waals surface area contributed by atoms with E-state index in [1.54, 1.807) is 55.5 Å². The van der Waals surface area contributed by atoms with Crippen LogP contribution < -0.4 is 4.90 Å². The molecule has 2 saturated heterocycles. The Hall–Kier alpha value is -4.43. The Balaban J connectivity index is 1.48. The van der Waals surface area contributed by atoms with Gasteiger partial charge in [0.05, 0.1) is 35.8 Å². The van der Waals surface area contributed by atoms with Gasteiger partial charge in [-0.25, -0.2) is 9.69 Å². The summed E-state index contributed by atoms with van der Waals surface area (Å²) < 4.78 is 11.3. The first-order chi connectivity index (χ1) is 18.3. The zero-order valence-electron chi connectivity index (χ0n) is 20.7. The number of ketones is 2. The Bertz CT molecular complexity index is 1490. The zero-order valence-corrected chi connectivity index (χ0v) is 20.7. The largest absolute Gasteiger partial charge is 0.462 e. The number of ether oxygens (including phenoxy) is 2. The van der Waals surface area contributed by atoms with Crippen molar-refractivity contribution in [3.05, 3.63) is 101 Å². The normalized spacial score (nSPS) is 23.2. The van der Waals surface area contributed by atoms with Crippen LogP contribution >= 0.6 is 0 Å². The molecular weight excluding hydrogens is 486 g/mol. The molecule has 3 aliphatic rings. The Morgan fingerprint density at radius 2 is 1.47 bits per heavy atom. The third-order valence-electron chi connectivity index (χ3n) is 7.56. The summed E-state index contributed by atoms with van der Waals surface area (Å²) in [5, 5.41) is 0. The summed E-state index contributed by atoms with van der Waals surface area (Å²) >= 11 is 0. The van der Waals surface area contributed by atoms with E-state index >= 15 is 0 Å². The number of imide groups is 1. The van der Waals surface area contributed by atoms with Crippen LogP contribution in [0.5, 0.6) is 0 Å². The minimum atomic E-state index is -2.15. The summed E-state index contributed by atoms with van der Waals surface area (Å²) in [7, 11) is 0. The maximum Gasteiger partial charge on any atom is 0.338 e. The highest BCUT2D eigenvalue weighted by Crippen LogP contribution is 2.57. The van der Waals surface area contributed by atoms with E-state index in [1.165, 1.54) is 24.3 Å². The minimum Gasteiger partial charge on any atom is -0.462 e. The maximum atomic E-state index is 13.9. The van der Waals surface area contributed by atoms with Crippen molar-refractivity contribution >= 4 is 35.0 Å². The lowest BCUT2D eigenvalue weighted by molar-refractivity contribution is -0.127. The zero-order chi connectivity index (χ0) is 26.8. The van der Waals surface area contributed by atoms with Crippen molar-refractivity contribution < 1.29 is 33.4 Å². The van der Waals surface area contributed by atoms with Gasteiger partial charge in [-0.05, 0) is 43.7 Å². The van der Waals surface area contributed by atoms with Gasteiger partial charge >= 0.3 is 5.97 Å². The van der Waals surface area contributed by atoms with Crippen molar-refractivity contribution in [2.24, 2.45) is 11.8 Å². The number of nitrogens with zero attached hydrogens (tertiary/aromatic N) is 1. The fourth-order valence-corrected chi connectivity index (χ4v) is 5.79. The molecule has 2 aliphatic heterocycles. The number of carbonyl (C=O) groups is 5. The van der Waals surface area contributed by atoms with Gasteiger partial charge < -0.3 is 9.47 Å². The molecule has 2 heterocycles. The van der Waals surface area contributed by atoms with Crippen molar-refractivity contribution in [2.75, 3.05) is 11.5 Å². The third kappa shape index (κ3) is 3.16. The Labute approximate surface area is 218 Å². The summed E-state index contributed by atoms with van der Waals surface area (Å²) in [6.07, 6.45) is -1.06. The van der Waals surface area contributed by atoms with Crippen LogP contribution in [-0.4, -0.2) is 41.6 Å². The van der Waals surface area contributed by atoms with E-state index in [0.717, 1.165) is 10.5 Å². The second kappa shape index (κ2) is 8.56. The molecule has 1 aliphatic carbocycles. The van der Waals surface area contributed by atoms with Gasteiger partial charge in [0, 0.05) is 11.1 Å². The van der Waals surface area contributed by atoms with Gasteiger partial charge in [-0.15, -0.1) is 0 Å². The van der Waals surface area contributed by atoms with Gasteiger partial charge in [0.25, 0.3) is 0 Å². The lowest BCUT2D eigenvalue weighted by Gasteiger charge is -2.27. The summed E-state index contributed by atoms with van der Waals surface area (Å²) in [6, 6.07) is 19.5. The second-order valence-corrected chi connectivity index (χ2v) is 9.67. The minimum absolute atomic E-state index is 0.170. The summed E-state index contributed by atoms with van der Waals surface area (Å²) in [5.41, 5.74) is 0.271. The van der Waals surface area contributed by atoms with Crippen LogP contribution in [0.25, 0.3) is 0 Å². The van der Waals surface area contributed by atoms with E-state index in [4.69, 9.17) is 9.47 Å². The van der Waals surface area contributed by atoms with Crippen molar-refractivity contribution in [2.45, 2.75) is 25.6 Å². The standard InChI is InChI=1S/C30H23NO7/c1-3-37-29(36)18-12-10-17(11-13-18)24-22-23(28(35)31(27(22)34)19-14-8-16(2)9-15-19)30(38-24)25(32)20-6-4-5-7-21(20)26(30)33/h4-15,22-24H,3H2,1-2H3/t22-,23-,24+/m1/s1. The van der Waals surface area contributed by atoms with Gasteiger partial charge in [0.1, 0.15) is 0 Å². The SMILES string of the molecule is CCOC(=O)c1ccc([C@@H]2OC3(C(=O)c4ccccc4C3=O)[C@H]3C(=O)N(c4ccc(C)cc4)C(=O)[C@@H]23)cc1. The molecule has 0 unspecified atom stereocenters. The molecule has 3 aromatic rings. The molecule has 3 atom stereocenters. The summed E-state index contributed by atoms with van der Waals surface area (Å²) in [5.74, 6) is -5.38. The smallest absolute Gasteiger partial charge is 0.338 e. The predicted molar refractivity (Wildman–Crippen MR) is 135 cm³/mol. The van der Waals surface area contributed by atoms with Gasteiger partial charge in [0.15, 0.2) is 0 Å². The molecule has 6 rings (SSSR count). The number of aryl methyl sites for hydroxylation is 1. The second-order valence-electron chi connectivity index (χ2n) is 9.67. The van der Waals surface area contributed by atoms with E-state index in [1.807, 2.05) is 6.92 Å². The molecule has 8 nitrogen and oxygen atoms in total. The Morgan fingerprint density at radius 3 is 2.05 bits per heavy atom. The predicted octanol–water partition coefficient (Wildman–Crippen LogP) is 3.87. The topological polar surface area (TPSA) is 107 Å².